The van der Waals surface area contributed by atoms with Gasteiger partial charge in [-0.25, -0.2) is 0 Å². The molecule has 184 valence electrons. The second kappa shape index (κ2) is 15.0. The number of benzene rings is 1. The molecule has 0 spiro atoms. The predicted molar refractivity (Wildman–Crippen MR) is 121 cm³/mol. The minimum atomic E-state index is -1.08. The summed E-state index contributed by atoms with van der Waals surface area (Å²) in [7, 11) is 0. The summed E-state index contributed by atoms with van der Waals surface area (Å²) in [5.41, 5.74) is 0.570. The van der Waals surface area contributed by atoms with Crippen LogP contribution in [0, 0.1) is 0 Å². The third kappa shape index (κ3) is 11.0. The number of carbonyl (C=O) groups is 4. The summed E-state index contributed by atoms with van der Waals surface area (Å²) >= 11 is 0. The summed E-state index contributed by atoms with van der Waals surface area (Å²) in [5.74, 6) is -2.15. The van der Waals surface area contributed by atoms with E-state index in [9.17, 15) is 24.3 Å². The smallest absolute Gasteiger partial charge is 0.321 e. The van der Waals surface area contributed by atoms with Crippen LogP contribution in [0.4, 0.5) is 0 Å². The standard InChI is InChI=1S/C24H35NO8/c1-5-8-21(26)31-16(4)15-25-18(24(29)30)13-17-11-12-19(32-22(27)9-6-2)20(14-17)33-23(28)10-7-3/h11-12,14,16,18,25H,5-10,13,15H2,1-4H3,(H,29,30)/t16?,18-/m0/s1. The van der Waals surface area contributed by atoms with Crippen LogP contribution in [0.3, 0.4) is 0 Å². The lowest BCUT2D eigenvalue weighted by molar-refractivity contribution is -0.148. The molecule has 2 atom stereocenters. The zero-order valence-electron chi connectivity index (χ0n) is 19.8. The number of nitrogens with one attached hydrogen (secondary N) is 1. The topological polar surface area (TPSA) is 128 Å². The molecule has 9 heteroatoms. The number of carboxylic acid groups (broad SMARTS) is 1. The van der Waals surface area contributed by atoms with E-state index in [1.807, 2.05) is 20.8 Å². The van der Waals surface area contributed by atoms with E-state index in [1.54, 1.807) is 13.0 Å². The fraction of sp³-hybridized carbons (Fsp3) is 0.583. The maximum Gasteiger partial charge on any atom is 0.321 e. The molecule has 0 aliphatic rings. The van der Waals surface area contributed by atoms with Crippen LogP contribution in [0.15, 0.2) is 18.2 Å². The summed E-state index contributed by atoms with van der Waals surface area (Å²) in [6.45, 7) is 7.40. The zero-order chi connectivity index (χ0) is 24.8. The number of esters is 3. The van der Waals surface area contributed by atoms with E-state index in [-0.39, 0.29) is 43.3 Å². The zero-order valence-corrected chi connectivity index (χ0v) is 19.8. The van der Waals surface area contributed by atoms with Gasteiger partial charge in [-0.15, -0.1) is 0 Å². The van der Waals surface area contributed by atoms with Crippen molar-refractivity contribution in [1.82, 2.24) is 5.32 Å². The first-order valence-electron chi connectivity index (χ1n) is 11.4. The summed E-state index contributed by atoms with van der Waals surface area (Å²) in [6, 6.07) is 3.65. The van der Waals surface area contributed by atoms with Gasteiger partial charge < -0.3 is 24.6 Å². The average Bonchev–Trinajstić information content (AvgIpc) is 2.73. The van der Waals surface area contributed by atoms with Gasteiger partial charge in [-0.2, -0.15) is 0 Å². The first kappa shape index (κ1) is 28.1. The van der Waals surface area contributed by atoms with Crippen molar-refractivity contribution in [3.63, 3.8) is 0 Å². The molecule has 1 rings (SSSR count). The SMILES string of the molecule is CCCC(=O)Oc1ccc(C[C@H](NCC(C)OC(=O)CCC)C(=O)O)cc1OC(=O)CCC. The van der Waals surface area contributed by atoms with Gasteiger partial charge in [-0.1, -0.05) is 26.8 Å². The van der Waals surface area contributed by atoms with E-state index in [4.69, 9.17) is 14.2 Å². The lowest BCUT2D eigenvalue weighted by Crippen LogP contribution is -2.42. The quantitative estimate of drug-likeness (QED) is 0.296. The Hall–Kier alpha value is -2.94. The number of aliphatic carboxylic acids is 1. The Labute approximate surface area is 194 Å². The highest BCUT2D eigenvalue weighted by Crippen LogP contribution is 2.30. The minimum absolute atomic E-state index is 0.0707. The largest absolute Gasteiger partial charge is 0.480 e. The molecule has 0 saturated carbocycles. The number of ether oxygens (including phenoxy) is 3. The van der Waals surface area contributed by atoms with Gasteiger partial charge in [0.05, 0.1) is 0 Å². The molecule has 1 aromatic carbocycles. The molecule has 1 aromatic rings. The van der Waals surface area contributed by atoms with Crippen molar-refractivity contribution >= 4 is 23.9 Å². The Kier molecular flexibility index (Phi) is 12.8. The number of carbonyl (C=O) groups excluding carboxylic acids is 3. The Morgan fingerprint density at radius 2 is 1.42 bits per heavy atom. The molecular weight excluding hydrogens is 430 g/mol. The predicted octanol–water partition coefficient (Wildman–Crippen LogP) is 3.41. The van der Waals surface area contributed by atoms with Crippen molar-refractivity contribution < 1.29 is 38.5 Å². The first-order chi connectivity index (χ1) is 15.7. The van der Waals surface area contributed by atoms with E-state index in [2.05, 4.69) is 5.32 Å². The van der Waals surface area contributed by atoms with Gasteiger partial charge in [-0.3, -0.25) is 19.2 Å². The van der Waals surface area contributed by atoms with Crippen LogP contribution in [0.5, 0.6) is 11.5 Å². The van der Waals surface area contributed by atoms with Crippen molar-refractivity contribution in [3.8, 4) is 11.5 Å². The fourth-order valence-corrected chi connectivity index (χ4v) is 2.92. The third-order valence-corrected chi connectivity index (χ3v) is 4.54. The molecule has 0 radical (unpaired) electrons. The summed E-state index contributed by atoms with van der Waals surface area (Å²) in [4.78, 5) is 47.3. The normalized spacial score (nSPS) is 12.5. The van der Waals surface area contributed by atoms with Gasteiger partial charge in [0, 0.05) is 25.8 Å². The van der Waals surface area contributed by atoms with Crippen molar-refractivity contribution in [2.75, 3.05) is 6.54 Å². The highest BCUT2D eigenvalue weighted by Gasteiger charge is 2.21. The van der Waals surface area contributed by atoms with Crippen LogP contribution in [0.25, 0.3) is 0 Å². The maximum absolute atomic E-state index is 12.0. The van der Waals surface area contributed by atoms with Crippen LogP contribution < -0.4 is 14.8 Å². The molecule has 0 heterocycles. The van der Waals surface area contributed by atoms with Gasteiger partial charge in [0.1, 0.15) is 12.1 Å². The molecule has 9 nitrogen and oxygen atoms in total. The first-order valence-corrected chi connectivity index (χ1v) is 11.4. The molecule has 0 fully saturated rings. The van der Waals surface area contributed by atoms with Gasteiger partial charge in [0.25, 0.3) is 0 Å². The molecule has 0 bridgehead atoms. The lowest BCUT2D eigenvalue weighted by atomic mass is 10.0. The van der Waals surface area contributed by atoms with Crippen LogP contribution in [-0.2, 0) is 30.3 Å². The van der Waals surface area contributed by atoms with E-state index < -0.39 is 30.1 Å². The molecule has 1 unspecified atom stereocenters. The van der Waals surface area contributed by atoms with Crippen molar-refractivity contribution in [1.29, 1.82) is 0 Å². The van der Waals surface area contributed by atoms with Crippen molar-refractivity contribution in [3.05, 3.63) is 23.8 Å². The Morgan fingerprint density at radius 1 is 0.879 bits per heavy atom. The molecule has 0 aliphatic heterocycles. The molecule has 0 aliphatic carbocycles. The van der Waals surface area contributed by atoms with Crippen LogP contribution in [0.2, 0.25) is 0 Å². The summed E-state index contributed by atoms with van der Waals surface area (Å²) in [5, 5.41) is 12.5. The van der Waals surface area contributed by atoms with Crippen LogP contribution >= 0.6 is 0 Å². The number of hydrogen-bond donors (Lipinski definition) is 2. The molecule has 0 amide bonds. The van der Waals surface area contributed by atoms with Crippen LogP contribution in [-0.4, -0.2) is 47.7 Å². The maximum atomic E-state index is 12.0. The number of rotatable bonds is 15. The van der Waals surface area contributed by atoms with E-state index in [1.165, 1.54) is 12.1 Å². The summed E-state index contributed by atoms with van der Waals surface area (Å²) in [6.07, 6.45) is 2.18. The minimum Gasteiger partial charge on any atom is -0.480 e. The summed E-state index contributed by atoms with van der Waals surface area (Å²) < 4.78 is 15.9. The molecule has 2 N–H and O–H groups in total. The fourth-order valence-electron chi connectivity index (χ4n) is 2.92. The van der Waals surface area contributed by atoms with Crippen LogP contribution in [0.1, 0.15) is 71.8 Å². The average molecular weight is 466 g/mol. The van der Waals surface area contributed by atoms with Gasteiger partial charge in [0.15, 0.2) is 11.5 Å². The second-order valence-electron chi connectivity index (χ2n) is 7.78. The van der Waals surface area contributed by atoms with Gasteiger partial charge in [0.2, 0.25) is 0 Å². The highest BCUT2D eigenvalue weighted by atomic mass is 16.6. The molecule has 0 saturated heterocycles. The highest BCUT2D eigenvalue weighted by molar-refractivity contribution is 5.77. The Balaban J connectivity index is 2.94. The van der Waals surface area contributed by atoms with E-state index >= 15 is 0 Å². The molecule has 33 heavy (non-hydrogen) atoms. The molecule has 0 aromatic heterocycles. The van der Waals surface area contributed by atoms with Crippen molar-refractivity contribution in [2.24, 2.45) is 0 Å². The number of carboxylic acids is 1. The Morgan fingerprint density at radius 3 is 1.97 bits per heavy atom. The van der Waals surface area contributed by atoms with E-state index in [0.717, 1.165) is 0 Å². The Bertz CT molecular complexity index is 808. The van der Waals surface area contributed by atoms with Gasteiger partial charge >= 0.3 is 23.9 Å². The monoisotopic (exact) mass is 465 g/mol. The lowest BCUT2D eigenvalue weighted by Gasteiger charge is -2.19. The van der Waals surface area contributed by atoms with Crippen molar-refractivity contribution in [2.45, 2.75) is 84.8 Å². The molecular formula is C24H35NO8. The van der Waals surface area contributed by atoms with E-state index in [0.29, 0.717) is 31.2 Å². The number of hydrogen-bond acceptors (Lipinski definition) is 8. The second-order valence-corrected chi connectivity index (χ2v) is 7.78. The van der Waals surface area contributed by atoms with Gasteiger partial charge in [-0.05, 0) is 50.3 Å². The third-order valence-electron chi connectivity index (χ3n) is 4.54.